The van der Waals surface area contributed by atoms with Gasteiger partial charge < -0.3 is 4.42 Å². The summed E-state index contributed by atoms with van der Waals surface area (Å²) in [5.74, 6) is 1.12. The largest absolute Gasteiger partial charge is 0.439 e. The van der Waals surface area contributed by atoms with E-state index in [1.807, 2.05) is 49.8 Å². The fourth-order valence-electron chi connectivity index (χ4n) is 3.79. The first-order valence-corrected chi connectivity index (χ1v) is 10.9. The van der Waals surface area contributed by atoms with Crippen LogP contribution in [0.5, 0.6) is 0 Å². The number of fused-ring (bicyclic) bond motifs is 1. The molecule has 1 fully saturated rings. The molecule has 1 atom stereocenters. The van der Waals surface area contributed by atoms with Gasteiger partial charge in [-0.1, -0.05) is 12.1 Å². The second kappa shape index (κ2) is 6.76. The van der Waals surface area contributed by atoms with Crippen molar-refractivity contribution in [1.82, 2.24) is 19.7 Å². The van der Waals surface area contributed by atoms with Crippen LogP contribution in [-0.4, -0.2) is 46.6 Å². The molecule has 0 amide bonds. The Labute approximate surface area is 158 Å². The number of oxazole rings is 1. The third-order valence-corrected chi connectivity index (χ3v) is 6.95. The molecule has 1 aromatic carbocycles. The fraction of sp³-hybridized carbons (Fsp3) is 0.474. The molecule has 144 valence electrons. The van der Waals surface area contributed by atoms with Crippen LogP contribution in [0.15, 0.2) is 28.7 Å². The number of rotatable bonds is 5. The fourth-order valence-corrected chi connectivity index (χ4v) is 5.49. The zero-order valence-corrected chi connectivity index (χ0v) is 16.7. The van der Waals surface area contributed by atoms with Crippen LogP contribution in [0.25, 0.3) is 11.1 Å². The number of aromatic nitrogens is 3. The van der Waals surface area contributed by atoms with E-state index in [9.17, 15) is 8.42 Å². The molecular weight excluding hydrogens is 364 g/mol. The molecule has 0 radical (unpaired) electrons. The number of sulfone groups is 1. The molecule has 0 spiro atoms. The predicted molar refractivity (Wildman–Crippen MR) is 103 cm³/mol. The first-order valence-electron chi connectivity index (χ1n) is 9.10. The molecular formula is C19H24N4O3S. The number of hydrogen-bond acceptors (Lipinski definition) is 6. The van der Waals surface area contributed by atoms with Crippen molar-refractivity contribution < 1.29 is 12.8 Å². The minimum absolute atomic E-state index is 0.0511. The lowest BCUT2D eigenvalue weighted by atomic mass is 10.1. The molecule has 0 aliphatic carbocycles. The standard InChI is InChI=1S/C19H24N4O3S/c1-13-16(14(2)23(21-13)15-8-9-27(24,25)12-15)10-22(3)11-19-20-17-6-4-5-7-18(17)26-19/h4-7,15H,8-12H2,1-3H3/t15-/m1/s1. The molecule has 8 heteroatoms. The van der Waals surface area contributed by atoms with Gasteiger partial charge in [-0.25, -0.2) is 13.4 Å². The van der Waals surface area contributed by atoms with Gasteiger partial charge in [-0.3, -0.25) is 9.58 Å². The summed E-state index contributed by atoms with van der Waals surface area (Å²) in [7, 11) is -0.913. The van der Waals surface area contributed by atoms with Gasteiger partial charge >= 0.3 is 0 Å². The summed E-state index contributed by atoms with van der Waals surface area (Å²) in [5.41, 5.74) is 4.78. The molecule has 3 heterocycles. The van der Waals surface area contributed by atoms with Crippen LogP contribution in [-0.2, 0) is 22.9 Å². The first-order chi connectivity index (χ1) is 12.8. The number of hydrogen-bond donors (Lipinski definition) is 0. The summed E-state index contributed by atoms with van der Waals surface area (Å²) in [5, 5.41) is 4.64. The molecule has 3 aromatic rings. The highest BCUT2D eigenvalue weighted by Gasteiger charge is 2.31. The van der Waals surface area contributed by atoms with Crippen molar-refractivity contribution in [2.75, 3.05) is 18.6 Å². The average Bonchev–Trinajstić information content (AvgIpc) is 3.25. The van der Waals surface area contributed by atoms with Crippen LogP contribution in [0, 0.1) is 13.8 Å². The Morgan fingerprint density at radius 1 is 1.26 bits per heavy atom. The smallest absolute Gasteiger partial charge is 0.209 e. The summed E-state index contributed by atoms with van der Waals surface area (Å²) < 4.78 is 31.3. The second-order valence-electron chi connectivity index (χ2n) is 7.40. The maximum Gasteiger partial charge on any atom is 0.209 e. The van der Waals surface area contributed by atoms with E-state index in [1.165, 1.54) is 0 Å². The van der Waals surface area contributed by atoms with Crippen molar-refractivity contribution in [3.8, 4) is 0 Å². The van der Waals surface area contributed by atoms with Gasteiger partial charge in [-0.2, -0.15) is 5.10 Å². The Bertz CT molecular complexity index is 1050. The lowest BCUT2D eigenvalue weighted by Gasteiger charge is -2.16. The van der Waals surface area contributed by atoms with Crippen molar-refractivity contribution >= 4 is 20.9 Å². The molecule has 0 saturated carbocycles. The van der Waals surface area contributed by atoms with Gasteiger partial charge in [0.05, 0.1) is 29.8 Å². The van der Waals surface area contributed by atoms with E-state index in [-0.39, 0.29) is 17.5 Å². The minimum Gasteiger partial charge on any atom is -0.439 e. The molecule has 7 nitrogen and oxygen atoms in total. The molecule has 1 aliphatic rings. The highest BCUT2D eigenvalue weighted by Crippen LogP contribution is 2.27. The van der Waals surface area contributed by atoms with Crippen molar-refractivity contribution in [2.24, 2.45) is 0 Å². The molecule has 0 unspecified atom stereocenters. The first kappa shape index (κ1) is 18.2. The van der Waals surface area contributed by atoms with Gasteiger partial charge in [-0.15, -0.1) is 0 Å². The molecule has 0 bridgehead atoms. The highest BCUT2D eigenvalue weighted by molar-refractivity contribution is 7.91. The average molecular weight is 388 g/mol. The topological polar surface area (TPSA) is 81.2 Å². The molecule has 27 heavy (non-hydrogen) atoms. The summed E-state index contributed by atoms with van der Waals surface area (Å²) in [6.07, 6.45) is 0.641. The van der Waals surface area contributed by atoms with Gasteiger partial charge in [0.2, 0.25) is 5.89 Å². The van der Waals surface area contributed by atoms with Gasteiger partial charge in [0.1, 0.15) is 5.52 Å². The van der Waals surface area contributed by atoms with E-state index in [0.29, 0.717) is 25.4 Å². The predicted octanol–water partition coefficient (Wildman–Crippen LogP) is 2.63. The Morgan fingerprint density at radius 2 is 2.04 bits per heavy atom. The summed E-state index contributed by atoms with van der Waals surface area (Å²) in [6.45, 7) is 5.30. The lowest BCUT2D eigenvalue weighted by molar-refractivity contribution is 0.284. The maximum absolute atomic E-state index is 11.8. The van der Waals surface area contributed by atoms with Crippen LogP contribution < -0.4 is 0 Å². The molecule has 2 aromatic heterocycles. The zero-order valence-electron chi connectivity index (χ0n) is 15.8. The van der Waals surface area contributed by atoms with Crippen LogP contribution >= 0.6 is 0 Å². The Kier molecular flexibility index (Phi) is 4.55. The van der Waals surface area contributed by atoms with Gasteiger partial charge in [0, 0.05) is 17.8 Å². The summed E-state index contributed by atoms with van der Waals surface area (Å²) >= 11 is 0. The van der Waals surface area contributed by atoms with E-state index in [1.54, 1.807) is 0 Å². The second-order valence-corrected chi connectivity index (χ2v) is 9.63. The molecule has 1 saturated heterocycles. The van der Waals surface area contributed by atoms with Gasteiger partial charge in [-0.05, 0) is 39.4 Å². The van der Waals surface area contributed by atoms with Crippen LogP contribution in [0.2, 0.25) is 0 Å². The Hall–Kier alpha value is -2.19. The Balaban J connectivity index is 1.50. The van der Waals surface area contributed by atoms with E-state index in [2.05, 4.69) is 15.0 Å². The SMILES string of the molecule is Cc1nn([C@@H]2CCS(=O)(=O)C2)c(C)c1CN(C)Cc1nc2ccccc2o1. The van der Waals surface area contributed by atoms with E-state index >= 15 is 0 Å². The minimum atomic E-state index is -2.93. The van der Waals surface area contributed by atoms with Crippen LogP contribution in [0.3, 0.4) is 0 Å². The maximum atomic E-state index is 11.8. The zero-order chi connectivity index (χ0) is 19.2. The third kappa shape index (κ3) is 3.64. The van der Waals surface area contributed by atoms with E-state index in [0.717, 1.165) is 28.1 Å². The molecule has 0 N–H and O–H groups in total. The van der Waals surface area contributed by atoms with Gasteiger partial charge in [0.15, 0.2) is 15.4 Å². The monoisotopic (exact) mass is 388 g/mol. The van der Waals surface area contributed by atoms with Crippen LogP contribution in [0.1, 0.15) is 35.3 Å². The van der Waals surface area contributed by atoms with Crippen molar-refractivity contribution in [3.05, 3.63) is 47.1 Å². The number of para-hydroxylation sites is 2. The lowest BCUT2D eigenvalue weighted by Crippen LogP contribution is -2.19. The highest BCUT2D eigenvalue weighted by atomic mass is 32.2. The number of aryl methyl sites for hydroxylation is 1. The summed E-state index contributed by atoms with van der Waals surface area (Å²) in [6, 6.07) is 7.69. The van der Waals surface area contributed by atoms with Crippen molar-refractivity contribution in [2.45, 2.75) is 39.4 Å². The third-order valence-electron chi connectivity index (χ3n) is 5.20. The Morgan fingerprint density at radius 3 is 2.74 bits per heavy atom. The molecule has 1 aliphatic heterocycles. The number of benzene rings is 1. The summed E-state index contributed by atoms with van der Waals surface area (Å²) in [4.78, 5) is 6.66. The normalized spacial score (nSPS) is 19.3. The quantitative estimate of drug-likeness (QED) is 0.668. The van der Waals surface area contributed by atoms with Crippen LogP contribution in [0.4, 0.5) is 0 Å². The van der Waals surface area contributed by atoms with Gasteiger partial charge in [0.25, 0.3) is 0 Å². The van der Waals surface area contributed by atoms with Crippen molar-refractivity contribution in [3.63, 3.8) is 0 Å². The van der Waals surface area contributed by atoms with E-state index < -0.39 is 9.84 Å². The molecule has 4 rings (SSSR count). The van der Waals surface area contributed by atoms with E-state index in [4.69, 9.17) is 4.42 Å². The van der Waals surface area contributed by atoms with Crippen molar-refractivity contribution in [1.29, 1.82) is 0 Å². The number of nitrogens with zero attached hydrogens (tertiary/aromatic N) is 4.